The molecule has 8 nitrogen and oxygen atoms in total. The third kappa shape index (κ3) is 5.29. The minimum atomic E-state index is -0.543. The molecule has 0 atom stereocenters. The number of nitrogens with one attached hydrogen (secondary N) is 1. The van der Waals surface area contributed by atoms with Gasteiger partial charge in [-0.3, -0.25) is 4.79 Å². The lowest BCUT2D eigenvalue weighted by Gasteiger charge is -2.40. The second-order valence-electron chi connectivity index (χ2n) is 15.0. The van der Waals surface area contributed by atoms with Gasteiger partial charge in [-0.15, -0.1) is 0 Å². The fraction of sp³-hybridized carbons (Fsp3) is 0.500. The van der Waals surface area contributed by atoms with E-state index in [2.05, 4.69) is 52.9 Å². The van der Waals surface area contributed by atoms with E-state index < -0.39 is 11.0 Å². The van der Waals surface area contributed by atoms with E-state index in [4.69, 9.17) is 4.74 Å². The Morgan fingerprint density at radius 1 is 1.02 bits per heavy atom. The molecule has 2 aromatic carbocycles. The molecule has 0 radical (unpaired) electrons. The van der Waals surface area contributed by atoms with E-state index in [0.717, 1.165) is 59.2 Å². The number of aromatic amines is 1. The van der Waals surface area contributed by atoms with Gasteiger partial charge in [-0.05, 0) is 101 Å². The van der Waals surface area contributed by atoms with Crippen LogP contribution in [-0.4, -0.2) is 77.6 Å². The lowest BCUT2D eigenvalue weighted by molar-refractivity contribution is 0.0270. The van der Waals surface area contributed by atoms with Gasteiger partial charge in [0, 0.05) is 71.0 Å². The average molecular weight is 620 g/mol. The molecule has 1 amide bonds. The standard InChI is InChI=1S/C38H45N5O3/c1-37(2,3)46-36(45)43-16-10-25(11-17-43)28-21-29-30(22-32(28)42-18-12-26(13-19-42)41-14-6-7-15-41)38(4,5)35-33(34(29)44)27-9-8-24(23-39)20-31(27)40-35/h8-10,20-22,26,40H,6-7,11-19H2,1-5H3. The molecule has 3 aliphatic heterocycles. The summed E-state index contributed by atoms with van der Waals surface area (Å²) in [5.41, 5.74) is 7.24. The normalized spacial score (nSPS) is 20.3. The Bertz CT molecular complexity index is 1790. The molecule has 46 heavy (non-hydrogen) atoms. The summed E-state index contributed by atoms with van der Waals surface area (Å²) in [6, 6.07) is 12.8. The number of aromatic nitrogens is 1. The SMILES string of the molecule is CC(C)(C)OC(=O)N1CC=C(c2cc3c(cc2N2CCC(N4CCCC4)CC2)C(C)(C)c2[nH]c4cc(C#N)ccc4c2C3=O)CC1. The van der Waals surface area contributed by atoms with Gasteiger partial charge >= 0.3 is 6.09 Å². The van der Waals surface area contributed by atoms with Crippen molar-refractivity contribution in [1.29, 1.82) is 5.26 Å². The van der Waals surface area contributed by atoms with Gasteiger partial charge < -0.3 is 24.4 Å². The number of piperidine rings is 1. The predicted octanol–water partition coefficient (Wildman–Crippen LogP) is 7.00. The number of anilines is 1. The highest BCUT2D eigenvalue weighted by molar-refractivity contribution is 6.20. The van der Waals surface area contributed by atoms with Gasteiger partial charge in [0.25, 0.3) is 0 Å². The number of nitrogens with zero attached hydrogens (tertiary/aromatic N) is 4. The summed E-state index contributed by atoms with van der Waals surface area (Å²) in [6.07, 6.45) is 7.44. The number of rotatable bonds is 3. The van der Waals surface area contributed by atoms with Crippen molar-refractivity contribution < 1.29 is 14.3 Å². The number of ketones is 1. The van der Waals surface area contributed by atoms with Crippen molar-refractivity contribution in [3.05, 3.63) is 69.9 Å². The van der Waals surface area contributed by atoms with Gasteiger partial charge in [-0.25, -0.2) is 4.79 Å². The molecule has 0 saturated carbocycles. The quantitative estimate of drug-likeness (QED) is 0.340. The van der Waals surface area contributed by atoms with Crippen molar-refractivity contribution in [2.45, 2.75) is 83.8 Å². The number of hydrogen-bond donors (Lipinski definition) is 1. The zero-order valence-electron chi connectivity index (χ0n) is 27.8. The molecular formula is C38H45N5O3. The number of benzene rings is 2. The van der Waals surface area contributed by atoms with Gasteiger partial charge in [0.15, 0.2) is 5.78 Å². The topological polar surface area (TPSA) is 92.7 Å². The van der Waals surface area contributed by atoms with E-state index in [1.165, 1.54) is 37.2 Å². The van der Waals surface area contributed by atoms with Gasteiger partial charge in [0.2, 0.25) is 0 Å². The number of ether oxygens (including phenoxy) is 1. The predicted molar refractivity (Wildman–Crippen MR) is 181 cm³/mol. The van der Waals surface area contributed by atoms with Crippen LogP contribution in [0.25, 0.3) is 16.5 Å². The van der Waals surface area contributed by atoms with Crippen LogP contribution in [0.15, 0.2) is 36.4 Å². The number of amides is 1. The Hall–Kier alpha value is -4.09. The maximum atomic E-state index is 14.4. The number of fused-ring (bicyclic) bond motifs is 4. The average Bonchev–Trinajstić information content (AvgIpc) is 3.72. The van der Waals surface area contributed by atoms with Gasteiger partial charge in [0.05, 0.1) is 17.2 Å². The number of carbonyl (C=O) groups excluding carboxylic acids is 2. The molecule has 7 rings (SSSR count). The highest BCUT2D eigenvalue weighted by Crippen LogP contribution is 2.47. The first kappa shape index (κ1) is 30.6. The fourth-order valence-corrected chi connectivity index (χ4v) is 8.04. The second-order valence-corrected chi connectivity index (χ2v) is 15.0. The van der Waals surface area contributed by atoms with Crippen LogP contribution < -0.4 is 4.90 Å². The smallest absolute Gasteiger partial charge is 0.410 e. The highest BCUT2D eigenvalue weighted by atomic mass is 16.6. The van der Waals surface area contributed by atoms with Crippen molar-refractivity contribution in [2.24, 2.45) is 0 Å². The minimum Gasteiger partial charge on any atom is -0.444 e. The number of likely N-dealkylation sites (tertiary alicyclic amines) is 1. The largest absolute Gasteiger partial charge is 0.444 e. The Morgan fingerprint density at radius 3 is 2.41 bits per heavy atom. The van der Waals surface area contributed by atoms with E-state index >= 15 is 0 Å². The van der Waals surface area contributed by atoms with Gasteiger partial charge in [-0.2, -0.15) is 5.26 Å². The zero-order chi connectivity index (χ0) is 32.4. The summed E-state index contributed by atoms with van der Waals surface area (Å²) in [5, 5.41) is 10.4. The first-order chi connectivity index (χ1) is 21.9. The first-order valence-corrected chi connectivity index (χ1v) is 16.9. The molecule has 240 valence electrons. The number of nitriles is 1. The van der Waals surface area contributed by atoms with E-state index in [9.17, 15) is 14.9 Å². The van der Waals surface area contributed by atoms with Crippen LogP contribution in [0.3, 0.4) is 0 Å². The molecule has 1 N–H and O–H groups in total. The second kappa shape index (κ2) is 11.3. The molecular weight excluding hydrogens is 574 g/mol. The summed E-state index contributed by atoms with van der Waals surface area (Å²) >= 11 is 0. The monoisotopic (exact) mass is 619 g/mol. The Balaban J connectivity index is 1.29. The summed E-state index contributed by atoms with van der Waals surface area (Å²) in [7, 11) is 0. The van der Waals surface area contributed by atoms with Crippen molar-refractivity contribution in [3.8, 4) is 6.07 Å². The summed E-state index contributed by atoms with van der Waals surface area (Å²) < 4.78 is 5.66. The number of hydrogen-bond acceptors (Lipinski definition) is 6. The van der Waals surface area contributed by atoms with Crippen molar-refractivity contribution in [1.82, 2.24) is 14.8 Å². The Labute approximate surface area is 272 Å². The zero-order valence-corrected chi connectivity index (χ0v) is 27.8. The van der Waals surface area contributed by atoms with Gasteiger partial charge in [-0.1, -0.05) is 26.0 Å². The maximum Gasteiger partial charge on any atom is 0.410 e. The van der Waals surface area contributed by atoms with E-state index in [0.29, 0.717) is 36.7 Å². The molecule has 0 unspecified atom stereocenters. The molecule has 2 fully saturated rings. The third-order valence-corrected chi connectivity index (χ3v) is 10.5. The number of H-pyrrole nitrogens is 1. The molecule has 1 aromatic heterocycles. The summed E-state index contributed by atoms with van der Waals surface area (Å²) in [4.78, 5) is 37.8. The van der Waals surface area contributed by atoms with Crippen LogP contribution in [0.4, 0.5) is 10.5 Å². The number of carbonyl (C=O) groups is 2. The highest BCUT2D eigenvalue weighted by Gasteiger charge is 2.41. The van der Waals surface area contributed by atoms with Crippen LogP contribution in [0.5, 0.6) is 0 Å². The molecule has 4 heterocycles. The van der Waals surface area contributed by atoms with E-state index in [1.54, 1.807) is 11.0 Å². The molecule has 8 heteroatoms. The van der Waals surface area contributed by atoms with E-state index in [1.807, 2.05) is 32.9 Å². The maximum absolute atomic E-state index is 14.4. The van der Waals surface area contributed by atoms with Gasteiger partial charge in [0.1, 0.15) is 5.60 Å². The lowest BCUT2D eigenvalue weighted by atomic mass is 9.70. The van der Waals surface area contributed by atoms with Crippen molar-refractivity contribution in [3.63, 3.8) is 0 Å². The fourth-order valence-electron chi connectivity index (χ4n) is 8.04. The minimum absolute atomic E-state index is 0.0209. The van der Waals surface area contributed by atoms with E-state index in [-0.39, 0.29) is 11.9 Å². The molecule has 4 aliphatic rings. The van der Waals surface area contributed by atoms with Crippen molar-refractivity contribution in [2.75, 3.05) is 44.2 Å². The Kier molecular flexibility index (Phi) is 7.51. The first-order valence-electron chi connectivity index (χ1n) is 16.9. The molecule has 3 aromatic rings. The Morgan fingerprint density at radius 2 is 1.76 bits per heavy atom. The summed E-state index contributed by atoms with van der Waals surface area (Å²) in [6.45, 7) is 15.5. The lowest BCUT2D eigenvalue weighted by Crippen LogP contribution is -2.44. The van der Waals surface area contributed by atoms with Crippen LogP contribution in [0, 0.1) is 11.3 Å². The molecule has 1 aliphatic carbocycles. The summed E-state index contributed by atoms with van der Waals surface area (Å²) in [5.74, 6) is 0.0209. The molecule has 2 saturated heterocycles. The van der Waals surface area contributed by atoms with Crippen LogP contribution in [0.2, 0.25) is 0 Å². The van der Waals surface area contributed by atoms with Crippen LogP contribution >= 0.6 is 0 Å². The van der Waals surface area contributed by atoms with Crippen molar-refractivity contribution >= 4 is 34.0 Å². The molecule has 0 spiro atoms. The third-order valence-electron chi connectivity index (χ3n) is 10.5. The van der Waals surface area contributed by atoms with Crippen LogP contribution in [0.1, 0.15) is 105 Å². The molecule has 0 bridgehead atoms. The van der Waals surface area contributed by atoms with Crippen LogP contribution in [-0.2, 0) is 10.2 Å².